The maximum absolute atomic E-state index is 14.3. The van der Waals surface area contributed by atoms with Crippen LogP contribution in [-0.2, 0) is 17.5 Å². The molecule has 0 spiro atoms. The highest BCUT2D eigenvalue weighted by molar-refractivity contribution is 6.30. The fourth-order valence-corrected chi connectivity index (χ4v) is 4.14. The number of nitrogens with one attached hydrogen (secondary N) is 1. The van der Waals surface area contributed by atoms with Gasteiger partial charge in [0.2, 0.25) is 5.88 Å². The third-order valence-corrected chi connectivity index (χ3v) is 6.28. The number of rotatable bonds is 7. The van der Waals surface area contributed by atoms with Crippen LogP contribution in [0.3, 0.4) is 0 Å². The van der Waals surface area contributed by atoms with Crippen molar-refractivity contribution < 1.29 is 27.4 Å². The van der Waals surface area contributed by atoms with Crippen LogP contribution in [0.4, 0.5) is 18.0 Å². The highest BCUT2D eigenvalue weighted by atomic mass is 35.5. The molecule has 0 atom stereocenters. The van der Waals surface area contributed by atoms with E-state index < -0.39 is 23.6 Å². The monoisotopic (exact) mass is 492 g/mol. The first-order chi connectivity index (χ1) is 16.1. The second-order valence-corrected chi connectivity index (χ2v) is 8.80. The zero-order valence-corrected chi connectivity index (χ0v) is 19.5. The number of alkyl halides is 3. The van der Waals surface area contributed by atoms with E-state index in [1.165, 1.54) is 6.92 Å². The second-order valence-electron chi connectivity index (χ2n) is 8.36. The number of aromatic nitrogens is 1. The minimum Gasteiger partial charge on any atom is -0.392 e. The van der Waals surface area contributed by atoms with Gasteiger partial charge in [-0.05, 0) is 48.6 Å². The molecule has 1 N–H and O–H groups in total. The van der Waals surface area contributed by atoms with E-state index in [1.807, 2.05) is 0 Å². The molecule has 0 unspecified atom stereocenters. The molecule has 5 nitrogen and oxygen atoms in total. The van der Waals surface area contributed by atoms with Crippen molar-refractivity contribution in [1.29, 1.82) is 0 Å². The lowest BCUT2D eigenvalue weighted by molar-refractivity contribution is -0.144. The first-order valence-electron chi connectivity index (χ1n) is 10.7. The number of amides is 1. The van der Waals surface area contributed by atoms with Crippen molar-refractivity contribution >= 4 is 17.7 Å². The van der Waals surface area contributed by atoms with E-state index in [1.54, 1.807) is 61.7 Å². The summed E-state index contributed by atoms with van der Waals surface area (Å²) in [6.07, 6.45) is -3.94. The van der Waals surface area contributed by atoms with Crippen LogP contribution in [0, 0.1) is 6.92 Å². The van der Waals surface area contributed by atoms with Gasteiger partial charge in [0, 0.05) is 24.2 Å². The number of benzene rings is 2. The maximum atomic E-state index is 14.3. The van der Waals surface area contributed by atoms with Crippen molar-refractivity contribution in [3.63, 3.8) is 0 Å². The minimum absolute atomic E-state index is 0.0379. The summed E-state index contributed by atoms with van der Waals surface area (Å²) in [7, 11) is 1.56. The van der Waals surface area contributed by atoms with Crippen molar-refractivity contribution in [3.8, 4) is 17.0 Å². The van der Waals surface area contributed by atoms with Crippen LogP contribution in [0.25, 0.3) is 11.1 Å². The average Bonchev–Trinajstić information content (AvgIpc) is 3.53. The summed E-state index contributed by atoms with van der Waals surface area (Å²) in [5, 5.41) is 3.07. The van der Waals surface area contributed by atoms with E-state index in [-0.39, 0.29) is 30.1 Å². The Morgan fingerprint density at radius 2 is 1.76 bits per heavy atom. The van der Waals surface area contributed by atoms with Gasteiger partial charge >= 0.3 is 12.3 Å². The van der Waals surface area contributed by atoms with Crippen LogP contribution in [-0.4, -0.2) is 29.9 Å². The van der Waals surface area contributed by atoms with E-state index in [0.717, 1.165) is 17.4 Å². The van der Waals surface area contributed by atoms with E-state index in [0.29, 0.717) is 16.1 Å². The van der Waals surface area contributed by atoms with Gasteiger partial charge in [0.1, 0.15) is 5.69 Å². The number of methoxy groups -OCH3 is 1. The zero-order valence-electron chi connectivity index (χ0n) is 18.7. The van der Waals surface area contributed by atoms with Crippen LogP contribution in [0.2, 0.25) is 5.02 Å². The fraction of sp³-hybridized carbons (Fsp3) is 0.320. The van der Waals surface area contributed by atoms with Gasteiger partial charge in [-0.2, -0.15) is 13.2 Å². The molecule has 9 heteroatoms. The number of halogens is 4. The Kier molecular flexibility index (Phi) is 6.64. The Hall–Kier alpha value is -2.97. The number of nitrogens with zero attached hydrogens (tertiary/aromatic N) is 1. The summed E-state index contributed by atoms with van der Waals surface area (Å²) in [5.41, 5.74) is -0.0755. The number of hydrogen-bond acceptors (Lipinski definition) is 3. The minimum atomic E-state index is -4.67. The molecule has 1 aliphatic carbocycles. The molecule has 2 aromatic carbocycles. The first kappa shape index (κ1) is 24.2. The molecule has 0 saturated heterocycles. The van der Waals surface area contributed by atoms with Gasteiger partial charge in [-0.15, -0.1) is 0 Å². The van der Waals surface area contributed by atoms with Gasteiger partial charge < -0.3 is 19.4 Å². The van der Waals surface area contributed by atoms with Gasteiger partial charge in [-0.1, -0.05) is 54.1 Å². The van der Waals surface area contributed by atoms with E-state index in [9.17, 15) is 18.0 Å². The second kappa shape index (κ2) is 9.35. The molecule has 1 saturated carbocycles. The van der Waals surface area contributed by atoms with Gasteiger partial charge in [0.25, 0.3) is 0 Å². The van der Waals surface area contributed by atoms with Gasteiger partial charge in [0.15, 0.2) is 0 Å². The molecule has 1 heterocycles. The fourth-order valence-electron chi connectivity index (χ4n) is 4.01. The molecular weight excluding hydrogens is 469 g/mol. The van der Waals surface area contributed by atoms with Crippen LogP contribution in [0.5, 0.6) is 5.88 Å². The van der Waals surface area contributed by atoms with Crippen molar-refractivity contribution in [2.45, 2.75) is 38.1 Å². The topological polar surface area (TPSA) is 52.5 Å². The summed E-state index contributed by atoms with van der Waals surface area (Å²) < 4.78 is 54.8. The molecule has 1 amide bonds. The SMILES string of the molecule is COC1(CNC(=O)Oc2c(-c3ccc(Cl)cc3)c(C)c(C(F)(F)F)n2Cc2ccccc2)CC1. The number of carbonyl (C=O) groups is 1. The Labute approximate surface area is 200 Å². The molecule has 4 rings (SSSR count). The largest absolute Gasteiger partial charge is 0.431 e. The van der Waals surface area contributed by atoms with Crippen molar-refractivity contribution in [2.24, 2.45) is 0 Å². The molecule has 0 bridgehead atoms. The Morgan fingerprint density at radius 1 is 1.12 bits per heavy atom. The van der Waals surface area contributed by atoms with Crippen molar-refractivity contribution in [1.82, 2.24) is 9.88 Å². The molecular formula is C25H24ClF3N2O3. The van der Waals surface area contributed by atoms with E-state index in [4.69, 9.17) is 21.1 Å². The standard InChI is InChI=1S/C25H24ClF3N2O3/c1-16-20(18-8-10-19(26)11-9-18)22(34-23(32)30-15-24(33-2)12-13-24)31(21(16)25(27,28)29)14-17-6-4-3-5-7-17/h3-11H,12-15H2,1-2H3,(H,30,32). The molecule has 1 fully saturated rings. The summed E-state index contributed by atoms with van der Waals surface area (Å²) in [4.78, 5) is 12.7. The van der Waals surface area contributed by atoms with Crippen LogP contribution in [0.15, 0.2) is 54.6 Å². The van der Waals surface area contributed by atoms with Crippen LogP contribution < -0.4 is 10.1 Å². The Balaban J connectivity index is 1.80. The Morgan fingerprint density at radius 3 is 2.32 bits per heavy atom. The molecule has 180 valence electrons. The number of ether oxygens (including phenoxy) is 2. The van der Waals surface area contributed by atoms with E-state index in [2.05, 4.69) is 5.32 Å². The molecule has 1 aromatic heterocycles. The number of carbonyl (C=O) groups excluding carboxylic acids is 1. The highest BCUT2D eigenvalue weighted by Gasteiger charge is 2.44. The number of hydrogen-bond donors (Lipinski definition) is 1. The molecule has 34 heavy (non-hydrogen) atoms. The first-order valence-corrected chi connectivity index (χ1v) is 11.1. The molecule has 1 aliphatic rings. The summed E-state index contributed by atoms with van der Waals surface area (Å²) >= 11 is 5.99. The third kappa shape index (κ3) is 5.08. The van der Waals surface area contributed by atoms with Crippen molar-refractivity contribution in [3.05, 3.63) is 76.4 Å². The van der Waals surface area contributed by atoms with Crippen LogP contribution in [0.1, 0.15) is 29.7 Å². The van der Waals surface area contributed by atoms with Crippen molar-refractivity contribution in [2.75, 3.05) is 13.7 Å². The zero-order chi connectivity index (χ0) is 24.5. The van der Waals surface area contributed by atoms with Gasteiger partial charge in [-0.25, -0.2) is 4.79 Å². The summed E-state index contributed by atoms with van der Waals surface area (Å²) in [6, 6.07) is 15.1. The lowest BCUT2D eigenvalue weighted by Gasteiger charge is -2.17. The Bertz CT molecular complexity index is 1170. The highest BCUT2D eigenvalue weighted by Crippen LogP contribution is 2.45. The predicted molar refractivity (Wildman–Crippen MR) is 123 cm³/mol. The normalized spacial score (nSPS) is 14.6. The van der Waals surface area contributed by atoms with Gasteiger partial charge in [-0.3, -0.25) is 0 Å². The smallest absolute Gasteiger partial charge is 0.392 e. The van der Waals surface area contributed by atoms with E-state index >= 15 is 0 Å². The third-order valence-electron chi connectivity index (χ3n) is 6.03. The average molecular weight is 493 g/mol. The summed E-state index contributed by atoms with van der Waals surface area (Å²) in [6.45, 7) is 1.46. The molecule has 3 aromatic rings. The van der Waals surface area contributed by atoms with Gasteiger partial charge in [0.05, 0.1) is 12.1 Å². The quantitative estimate of drug-likeness (QED) is 0.412. The predicted octanol–water partition coefficient (Wildman–Crippen LogP) is 6.45. The maximum Gasteiger partial charge on any atom is 0.431 e. The lowest BCUT2D eigenvalue weighted by atomic mass is 10.0. The summed E-state index contributed by atoms with van der Waals surface area (Å²) in [5.74, 6) is -0.184. The molecule has 0 radical (unpaired) electrons. The lowest BCUT2D eigenvalue weighted by Crippen LogP contribution is -2.36. The van der Waals surface area contributed by atoms with Crippen LogP contribution >= 0.6 is 11.6 Å². The molecule has 0 aliphatic heterocycles.